The Bertz CT molecular complexity index is 1240. The molecule has 280 valence electrons. The fourth-order valence-corrected chi connectivity index (χ4v) is 5.94. The van der Waals surface area contributed by atoms with Crippen LogP contribution in [-0.2, 0) is 19.5 Å². The number of rotatable bonds is 3. The van der Waals surface area contributed by atoms with Gasteiger partial charge in [-0.25, -0.2) is 0 Å². The summed E-state index contributed by atoms with van der Waals surface area (Å²) in [5, 5.41) is 18.8. The van der Waals surface area contributed by atoms with Crippen LogP contribution in [-0.4, -0.2) is 18.1 Å². The standard InChI is InChI=1S/C18H15P.C6H15N3.2C2H3N.2F6P.Ru/c1-4-10-16(11-5-1)19(17-12-6-2-7-13-17)18-14-8-3-9-15-18;7-4-1-5(8)3-6(9)2-4;2*1-2-3;2*1-7(2,3,4,5)6;/h1-15H;4-6H,1-3,7-9H2;2*1H3;;;/q;;;;2*-1;+2. The first-order chi connectivity index (χ1) is 21.4. The van der Waals surface area contributed by atoms with E-state index in [1.807, 2.05) is 0 Å². The van der Waals surface area contributed by atoms with Gasteiger partial charge in [-0.2, -0.15) is 10.5 Å². The number of hydrogen-bond acceptors (Lipinski definition) is 5. The molecule has 21 heteroatoms. The van der Waals surface area contributed by atoms with Gasteiger partial charge in [-0.05, 0) is 43.1 Å². The van der Waals surface area contributed by atoms with Crippen molar-refractivity contribution in [2.45, 2.75) is 51.2 Å². The molecular formula is C28H36F12N5P3Ru. The van der Waals surface area contributed by atoms with Crippen LogP contribution in [0, 0.1) is 22.7 Å². The second-order valence-corrected chi connectivity index (χ2v) is 15.7. The molecule has 0 spiro atoms. The number of nitrogens with zero attached hydrogens (tertiary/aromatic N) is 2. The van der Waals surface area contributed by atoms with Crippen LogP contribution in [0.5, 0.6) is 0 Å². The average Bonchev–Trinajstić information content (AvgIpc) is 2.88. The molecule has 3 aromatic rings. The monoisotopic (exact) mass is 865 g/mol. The minimum Gasteiger partial charge on any atom is -0.328 e. The first kappa shape index (κ1) is 51.0. The molecule has 0 atom stereocenters. The van der Waals surface area contributed by atoms with Gasteiger partial charge in [0, 0.05) is 32.0 Å². The Morgan fingerprint density at radius 3 is 0.776 bits per heavy atom. The minimum absolute atomic E-state index is 0. The number of halogens is 12. The van der Waals surface area contributed by atoms with Crippen molar-refractivity contribution in [1.29, 1.82) is 10.5 Å². The van der Waals surface area contributed by atoms with Crippen molar-refractivity contribution >= 4 is 39.5 Å². The molecular weight excluding hydrogens is 828 g/mol. The van der Waals surface area contributed by atoms with Crippen molar-refractivity contribution in [1.82, 2.24) is 0 Å². The summed E-state index contributed by atoms with van der Waals surface area (Å²) in [6.45, 7) is 2.86. The molecule has 1 saturated carbocycles. The number of hydrogen-bond donors (Lipinski definition) is 3. The maximum absolute atomic E-state index is 10.7. The summed E-state index contributed by atoms with van der Waals surface area (Å²) in [6.07, 6.45) is 2.81. The van der Waals surface area contributed by atoms with Crippen LogP contribution >= 0.6 is 23.5 Å². The maximum Gasteiger partial charge on any atom is 2.00 e. The van der Waals surface area contributed by atoms with Crippen molar-refractivity contribution in [2.75, 3.05) is 0 Å². The zero-order valence-electron chi connectivity index (χ0n) is 25.9. The summed E-state index contributed by atoms with van der Waals surface area (Å²) in [7, 11) is -21.8. The van der Waals surface area contributed by atoms with Crippen LogP contribution < -0.4 is 33.1 Å². The molecule has 0 saturated heterocycles. The minimum atomic E-state index is -10.7. The van der Waals surface area contributed by atoms with E-state index in [9.17, 15) is 50.4 Å². The first-order valence-electron chi connectivity index (χ1n) is 13.3. The molecule has 0 aliphatic heterocycles. The van der Waals surface area contributed by atoms with Crippen molar-refractivity contribution in [3.8, 4) is 12.1 Å². The zero-order valence-corrected chi connectivity index (χ0v) is 30.3. The van der Waals surface area contributed by atoms with E-state index in [1.54, 1.807) is 12.1 Å². The summed E-state index contributed by atoms with van der Waals surface area (Å²) < 4.78 is 118. The van der Waals surface area contributed by atoms with E-state index in [4.69, 9.17) is 27.7 Å². The Hall–Kier alpha value is -2.41. The number of nitrogens with two attached hydrogens (primary N) is 3. The maximum atomic E-state index is 9.87. The van der Waals surface area contributed by atoms with Gasteiger partial charge in [-0.1, -0.05) is 91.0 Å². The van der Waals surface area contributed by atoms with Gasteiger partial charge in [0.15, 0.2) is 0 Å². The van der Waals surface area contributed by atoms with Crippen LogP contribution in [0.15, 0.2) is 91.0 Å². The van der Waals surface area contributed by atoms with E-state index in [1.165, 1.54) is 29.8 Å². The van der Waals surface area contributed by atoms with Crippen molar-refractivity contribution in [2.24, 2.45) is 17.2 Å². The second-order valence-electron chi connectivity index (χ2n) is 9.69. The summed E-state index contributed by atoms with van der Waals surface area (Å²) in [4.78, 5) is 0. The van der Waals surface area contributed by atoms with E-state index in [0.29, 0.717) is 0 Å². The van der Waals surface area contributed by atoms with E-state index >= 15 is 0 Å². The molecule has 0 amide bonds. The van der Waals surface area contributed by atoms with Gasteiger partial charge in [0.1, 0.15) is 0 Å². The molecule has 1 aliphatic rings. The molecule has 5 nitrogen and oxygen atoms in total. The van der Waals surface area contributed by atoms with Gasteiger partial charge < -0.3 is 17.2 Å². The summed E-state index contributed by atoms with van der Waals surface area (Å²) in [6, 6.07) is 36.5. The van der Waals surface area contributed by atoms with E-state index in [-0.39, 0.29) is 37.6 Å². The first-order valence-corrected chi connectivity index (χ1v) is 18.7. The average molecular weight is 865 g/mol. The SMILES string of the molecule is CC#N.CC#N.F[P-](F)(F)(F)(F)F.F[P-](F)(F)(F)(F)F.NC1CC(N)CC(N)C1.[Ru+2].c1ccc(P(c2ccccc2)c2ccccc2)cc1. The molecule has 1 aliphatic carbocycles. The molecule has 0 aromatic heterocycles. The van der Waals surface area contributed by atoms with Crippen LogP contribution in [0.3, 0.4) is 0 Å². The van der Waals surface area contributed by atoms with Gasteiger partial charge in [0.25, 0.3) is 0 Å². The van der Waals surface area contributed by atoms with E-state index < -0.39 is 23.5 Å². The third-order valence-electron chi connectivity index (χ3n) is 4.86. The third kappa shape index (κ3) is 41.7. The molecule has 0 radical (unpaired) electrons. The van der Waals surface area contributed by atoms with Gasteiger partial charge in [0.2, 0.25) is 0 Å². The van der Waals surface area contributed by atoms with Crippen LogP contribution in [0.4, 0.5) is 50.4 Å². The number of nitriles is 2. The van der Waals surface area contributed by atoms with Crippen molar-refractivity contribution in [3.63, 3.8) is 0 Å². The topological polar surface area (TPSA) is 126 Å². The Balaban J connectivity index is -0.000000597. The summed E-state index contributed by atoms with van der Waals surface area (Å²) >= 11 is 0. The summed E-state index contributed by atoms with van der Waals surface area (Å²) in [5.41, 5.74) is 17.0. The quantitative estimate of drug-likeness (QED) is 0.137. The molecule has 6 N–H and O–H groups in total. The molecule has 4 rings (SSSR count). The molecule has 49 heavy (non-hydrogen) atoms. The Labute approximate surface area is 290 Å². The Kier molecular flexibility index (Phi) is 20.0. The van der Waals surface area contributed by atoms with Gasteiger partial charge in [0.05, 0.1) is 12.1 Å². The van der Waals surface area contributed by atoms with Crippen LogP contribution in [0.2, 0.25) is 0 Å². The Morgan fingerprint density at radius 1 is 0.490 bits per heavy atom. The van der Waals surface area contributed by atoms with Gasteiger partial charge in [-0.3, -0.25) is 0 Å². The molecule has 0 unspecified atom stereocenters. The fourth-order valence-electron chi connectivity index (χ4n) is 3.63. The zero-order chi connectivity index (χ0) is 38.0. The van der Waals surface area contributed by atoms with E-state index in [2.05, 4.69) is 91.0 Å². The largest absolute Gasteiger partial charge is 2.00 e. The molecule has 0 bridgehead atoms. The Morgan fingerprint density at radius 2 is 0.633 bits per heavy atom. The normalized spacial score (nSPS) is 19.3. The van der Waals surface area contributed by atoms with Crippen LogP contribution in [0.25, 0.3) is 0 Å². The van der Waals surface area contributed by atoms with Crippen LogP contribution in [0.1, 0.15) is 33.1 Å². The molecule has 3 aromatic carbocycles. The van der Waals surface area contributed by atoms with Crippen molar-refractivity contribution < 1.29 is 69.8 Å². The smallest absolute Gasteiger partial charge is 0.328 e. The molecule has 0 heterocycles. The fraction of sp³-hybridized carbons (Fsp3) is 0.286. The van der Waals surface area contributed by atoms with Gasteiger partial charge in [-0.15, -0.1) is 0 Å². The van der Waals surface area contributed by atoms with Gasteiger partial charge >= 0.3 is 85.5 Å². The third-order valence-corrected chi connectivity index (χ3v) is 7.30. The molecule has 1 fully saturated rings. The predicted molar refractivity (Wildman–Crippen MR) is 173 cm³/mol. The summed E-state index contributed by atoms with van der Waals surface area (Å²) in [5.74, 6) is 0. The second kappa shape index (κ2) is 19.3. The van der Waals surface area contributed by atoms with Crippen molar-refractivity contribution in [3.05, 3.63) is 91.0 Å². The number of benzene rings is 3. The predicted octanol–water partition coefficient (Wildman–Crippen LogP) is 10.4. The van der Waals surface area contributed by atoms with E-state index in [0.717, 1.165) is 19.3 Å².